The van der Waals surface area contributed by atoms with Gasteiger partial charge in [0, 0.05) is 24.7 Å². The summed E-state index contributed by atoms with van der Waals surface area (Å²) in [6.45, 7) is 2.46. The predicted molar refractivity (Wildman–Crippen MR) is 112 cm³/mol. The fraction of sp³-hybridized carbons (Fsp3) is 0.769. The molecular weight excluding hydrogens is 358 g/mol. The van der Waals surface area contributed by atoms with Crippen LogP contribution >= 0.6 is 0 Å². The Morgan fingerprint density at radius 1 is 1.03 bits per heavy atom. The molecule has 29 heavy (non-hydrogen) atoms. The Morgan fingerprint density at radius 3 is 2.55 bits per heavy atom. The van der Waals surface area contributed by atoms with E-state index in [1.165, 1.54) is 38.5 Å². The van der Waals surface area contributed by atoms with Gasteiger partial charge in [0.2, 0.25) is 0 Å². The first-order valence-electron chi connectivity index (χ1n) is 12.1. The van der Waals surface area contributed by atoms with E-state index in [1.807, 2.05) is 18.3 Å². The van der Waals surface area contributed by atoms with Gasteiger partial charge in [0.1, 0.15) is 5.78 Å². The SMILES string of the molecule is C[C@]12CC[C@@H]3[C@H]4CC[C@]5(O)CC5[C@H]4CC[C@H]3[C@@H]1CC[C@@H]2C(=O)Cc1cccnc1. The van der Waals surface area contributed by atoms with Gasteiger partial charge in [-0.05, 0) is 110 Å². The second kappa shape index (κ2) is 6.39. The van der Waals surface area contributed by atoms with E-state index in [0.29, 0.717) is 18.1 Å². The van der Waals surface area contributed by atoms with Crippen molar-refractivity contribution in [2.75, 3.05) is 0 Å². The molecular formula is C26H35NO2. The second-order valence-electron chi connectivity index (χ2n) is 11.5. The Bertz CT molecular complexity index is 808. The molecule has 0 amide bonds. The standard InChI is InChI=1S/C26H35NO2/c1-25-10-8-17-18-9-11-26(29)14-23(26)20(18)5-4-19(17)21(25)6-7-22(25)24(28)13-16-3-2-12-27-15-16/h2-3,12,15,17-23,29H,4-11,13-14H2,1H3/t17-,18-,19-,20+,21+,22-,23?,25+,26+/m1/s1. The number of Topliss-reactive ketones (excluding diaryl/α,β-unsaturated/α-hetero) is 1. The Labute approximate surface area is 174 Å². The van der Waals surface area contributed by atoms with Gasteiger partial charge in [0.15, 0.2) is 0 Å². The first-order valence-corrected chi connectivity index (χ1v) is 12.1. The topological polar surface area (TPSA) is 50.2 Å². The molecule has 0 spiro atoms. The molecule has 5 fully saturated rings. The molecule has 1 heterocycles. The number of pyridine rings is 1. The maximum absolute atomic E-state index is 13.3. The van der Waals surface area contributed by atoms with Crippen molar-refractivity contribution in [3.63, 3.8) is 0 Å². The molecule has 9 atom stereocenters. The van der Waals surface area contributed by atoms with E-state index >= 15 is 0 Å². The lowest BCUT2D eigenvalue weighted by Gasteiger charge is -2.56. The number of carbonyl (C=O) groups excluding carboxylic acids is 1. The van der Waals surface area contributed by atoms with Gasteiger partial charge in [-0.3, -0.25) is 9.78 Å². The summed E-state index contributed by atoms with van der Waals surface area (Å²) in [7, 11) is 0. The lowest BCUT2D eigenvalue weighted by molar-refractivity contribution is -0.130. The van der Waals surface area contributed by atoms with E-state index in [4.69, 9.17) is 0 Å². The van der Waals surface area contributed by atoms with Gasteiger partial charge in [-0.2, -0.15) is 0 Å². The van der Waals surface area contributed by atoms with Crippen LogP contribution in [0, 0.1) is 46.8 Å². The minimum Gasteiger partial charge on any atom is -0.390 e. The smallest absolute Gasteiger partial charge is 0.140 e. The largest absolute Gasteiger partial charge is 0.390 e. The zero-order chi connectivity index (χ0) is 19.8. The summed E-state index contributed by atoms with van der Waals surface area (Å²) in [5.41, 5.74) is 1.01. The van der Waals surface area contributed by atoms with Gasteiger partial charge < -0.3 is 5.11 Å². The molecule has 5 aliphatic rings. The molecule has 156 valence electrons. The minimum atomic E-state index is -0.269. The number of ketones is 1. The molecule has 1 unspecified atom stereocenters. The highest BCUT2D eigenvalue weighted by Gasteiger charge is 2.65. The molecule has 6 rings (SSSR count). The van der Waals surface area contributed by atoms with Crippen LogP contribution in [0.15, 0.2) is 24.5 Å². The number of rotatable bonds is 3. The molecule has 1 aromatic heterocycles. The summed E-state index contributed by atoms with van der Waals surface area (Å²) >= 11 is 0. The van der Waals surface area contributed by atoms with Gasteiger partial charge in [-0.1, -0.05) is 13.0 Å². The van der Waals surface area contributed by atoms with Crippen molar-refractivity contribution in [3.05, 3.63) is 30.1 Å². The number of carbonyl (C=O) groups is 1. The fourth-order valence-corrected chi connectivity index (χ4v) is 9.04. The van der Waals surface area contributed by atoms with Crippen molar-refractivity contribution < 1.29 is 9.90 Å². The Balaban J connectivity index is 1.20. The van der Waals surface area contributed by atoms with Crippen LogP contribution in [0.2, 0.25) is 0 Å². The first-order chi connectivity index (χ1) is 14.0. The quantitative estimate of drug-likeness (QED) is 0.801. The highest BCUT2D eigenvalue weighted by molar-refractivity contribution is 5.84. The number of aromatic nitrogens is 1. The summed E-state index contributed by atoms with van der Waals surface area (Å²) in [5.74, 6) is 5.40. The molecule has 5 saturated carbocycles. The number of aliphatic hydroxyl groups is 1. The summed E-state index contributed by atoms with van der Waals surface area (Å²) in [6.07, 6.45) is 15.2. The van der Waals surface area contributed by atoms with Gasteiger partial charge in [0.05, 0.1) is 5.60 Å². The van der Waals surface area contributed by atoms with E-state index in [-0.39, 0.29) is 16.9 Å². The molecule has 0 radical (unpaired) electrons. The fourth-order valence-electron chi connectivity index (χ4n) is 9.04. The second-order valence-corrected chi connectivity index (χ2v) is 11.5. The van der Waals surface area contributed by atoms with E-state index in [0.717, 1.165) is 54.4 Å². The average molecular weight is 394 g/mol. The number of fused-ring (bicyclic) bond motifs is 7. The lowest BCUT2D eigenvalue weighted by atomic mass is 9.49. The summed E-state index contributed by atoms with van der Waals surface area (Å²) in [5, 5.41) is 10.6. The maximum atomic E-state index is 13.3. The molecule has 3 heteroatoms. The van der Waals surface area contributed by atoms with Crippen LogP contribution in [0.5, 0.6) is 0 Å². The van der Waals surface area contributed by atoms with Gasteiger partial charge >= 0.3 is 0 Å². The van der Waals surface area contributed by atoms with Crippen LogP contribution in [0.4, 0.5) is 0 Å². The molecule has 1 N–H and O–H groups in total. The third-order valence-electron chi connectivity index (χ3n) is 10.4. The Morgan fingerprint density at radius 2 is 1.79 bits per heavy atom. The van der Waals surface area contributed by atoms with Crippen LogP contribution in [0.3, 0.4) is 0 Å². The van der Waals surface area contributed by atoms with Crippen LogP contribution in [0.25, 0.3) is 0 Å². The van der Waals surface area contributed by atoms with E-state index in [9.17, 15) is 9.90 Å². The third kappa shape index (κ3) is 2.72. The number of hydrogen-bond donors (Lipinski definition) is 1. The van der Waals surface area contributed by atoms with Crippen molar-refractivity contribution in [2.45, 2.75) is 76.7 Å². The third-order valence-corrected chi connectivity index (χ3v) is 10.4. The van der Waals surface area contributed by atoms with Gasteiger partial charge in [0.25, 0.3) is 0 Å². The molecule has 0 bridgehead atoms. The van der Waals surface area contributed by atoms with Crippen LogP contribution in [-0.4, -0.2) is 21.5 Å². The molecule has 0 aromatic carbocycles. The molecule has 0 saturated heterocycles. The summed E-state index contributed by atoms with van der Waals surface area (Å²) < 4.78 is 0. The summed E-state index contributed by atoms with van der Waals surface area (Å²) in [6, 6.07) is 3.98. The van der Waals surface area contributed by atoms with E-state index in [2.05, 4.69) is 11.9 Å². The van der Waals surface area contributed by atoms with Crippen LogP contribution < -0.4 is 0 Å². The van der Waals surface area contributed by atoms with Crippen molar-refractivity contribution in [2.24, 2.45) is 46.8 Å². The molecule has 3 nitrogen and oxygen atoms in total. The first kappa shape index (κ1) is 18.5. The van der Waals surface area contributed by atoms with E-state index < -0.39 is 0 Å². The van der Waals surface area contributed by atoms with Gasteiger partial charge in [-0.15, -0.1) is 0 Å². The Hall–Kier alpha value is -1.22. The highest BCUT2D eigenvalue weighted by Crippen LogP contribution is 2.68. The molecule has 1 aromatic rings. The predicted octanol–water partition coefficient (Wildman–Crippen LogP) is 4.82. The van der Waals surface area contributed by atoms with E-state index in [1.54, 1.807) is 6.20 Å². The molecule has 0 aliphatic heterocycles. The maximum Gasteiger partial charge on any atom is 0.140 e. The zero-order valence-corrected chi connectivity index (χ0v) is 17.7. The van der Waals surface area contributed by atoms with Crippen molar-refractivity contribution in [3.8, 4) is 0 Å². The van der Waals surface area contributed by atoms with Crippen molar-refractivity contribution in [1.29, 1.82) is 0 Å². The normalized spacial score (nSPS) is 50.1. The average Bonchev–Trinajstić information content (AvgIpc) is 3.29. The highest BCUT2D eigenvalue weighted by atomic mass is 16.3. The Kier molecular flexibility index (Phi) is 4.08. The monoisotopic (exact) mass is 393 g/mol. The van der Waals surface area contributed by atoms with Crippen molar-refractivity contribution in [1.82, 2.24) is 4.98 Å². The minimum absolute atomic E-state index is 0.211. The zero-order valence-electron chi connectivity index (χ0n) is 17.7. The lowest BCUT2D eigenvalue weighted by Crippen LogP contribution is -2.50. The van der Waals surface area contributed by atoms with Crippen molar-refractivity contribution >= 4 is 5.78 Å². The molecule has 5 aliphatic carbocycles. The van der Waals surface area contributed by atoms with Crippen LogP contribution in [-0.2, 0) is 11.2 Å². The summed E-state index contributed by atoms with van der Waals surface area (Å²) in [4.78, 5) is 17.5. The van der Waals surface area contributed by atoms with Gasteiger partial charge in [-0.25, -0.2) is 0 Å². The number of hydrogen-bond acceptors (Lipinski definition) is 3. The van der Waals surface area contributed by atoms with Crippen LogP contribution in [0.1, 0.15) is 70.3 Å². The number of nitrogens with zero attached hydrogens (tertiary/aromatic N) is 1.